The summed E-state index contributed by atoms with van der Waals surface area (Å²) in [7, 11) is -4.08. The number of carbonyl (C=O) groups is 2. The Morgan fingerprint density at radius 1 is 1.12 bits per heavy atom. The highest BCUT2D eigenvalue weighted by molar-refractivity contribution is 6.77. The number of anilines is 1. The summed E-state index contributed by atoms with van der Waals surface area (Å²) >= 11 is 0. The van der Waals surface area contributed by atoms with Crippen molar-refractivity contribution >= 4 is 34.5 Å². The number of ketones is 1. The number of nitrogens with zero attached hydrogens (tertiary/aromatic N) is 2. The van der Waals surface area contributed by atoms with Gasteiger partial charge >= 0.3 is 0 Å². The van der Waals surface area contributed by atoms with Crippen LogP contribution >= 0.6 is 0 Å². The average Bonchev–Trinajstić information content (AvgIpc) is 3.51. The maximum Gasteiger partial charge on any atom is 0.233 e. The van der Waals surface area contributed by atoms with Crippen LogP contribution in [0.4, 0.5) is 5.82 Å². The number of hydrogen-bond donors (Lipinski definition) is 1. The average molecular weight is 602 g/mol. The molecule has 1 aliphatic rings. The van der Waals surface area contributed by atoms with Gasteiger partial charge in [0.15, 0.2) is 20.4 Å². The van der Waals surface area contributed by atoms with E-state index in [0.29, 0.717) is 46.5 Å². The highest BCUT2D eigenvalue weighted by Gasteiger charge is 2.50. The second-order valence-corrected chi connectivity index (χ2v) is 24.3. The highest BCUT2D eigenvalue weighted by atomic mass is 28.4. The van der Waals surface area contributed by atoms with Crippen molar-refractivity contribution in [3.63, 3.8) is 0 Å². The molecule has 0 bridgehead atoms. The van der Waals surface area contributed by atoms with Gasteiger partial charge in [0.2, 0.25) is 14.1 Å². The van der Waals surface area contributed by atoms with Gasteiger partial charge in [0.1, 0.15) is 18.4 Å². The van der Waals surface area contributed by atoms with Crippen molar-refractivity contribution in [2.24, 2.45) is 5.92 Å². The van der Waals surface area contributed by atoms with E-state index in [2.05, 4.69) is 90.7 Å². The van der Waals surface area contributed by atoms with Crippen LogP contribution < -0.4 is 5.32 Å². The predicted octanol–water partition coefficient (Wildman–Crippen LogP) is 7.89. The Balaban J connectivity index is 1.90. The molecule has 3 rings (SSSR count). The van der Waals surface area contributed by atoms with Gasteiger partial charge in [-0.15, -0.1) is 0 Å². The molecule has 2 heterocycles. The van der Waals surface area contributed by atoms with E-state index in [9.17, 15) is 9.59 Å². The molecule has 8 nitrogen and oxygen atoms in total. The minimum Gasteiger partial charge on any atom is -0.460 e. The molecule has 3 atom stereocenters. The number of carbonyl (C=O) groups excluding carboxylic acids is 2. The quantitative estimate of drug-likeness (QED) is 0.140. The van der Waals surface area contributed by atoms with Crippen LogP contribution in [0.15, 0.2) is 29.3 Å². The van der Waals surface area contributed by atoms with E-state index in [0.717, 1.165) is 12.8 Å². The second kappa shape index (κ2) is 13.0. The molecule has 0 unspecified atom stereocenters. The number of hydrogen-bond acceptors (Lipinski definition) is 8. The lowest BCUT2D eigenvalue weighted by molar-refractivity contribution is 0.0971. The summed E-state index contributed by atoms with van der Waals surface area (Å²) in [5.74, 6) is 0.408. The van der Waals surface area contributed by atoms with Gasteiger partial charge in [-0.05, 0) is 53.7 Å². The predicted molar refractivity (Wildman–Crippen MR) is 169 cm³/mol. The molecule has 10 heteroatoms. The Labute approximate surface area is 248 Å². The fourth-order valence-corrected chi connectivity index (χ4v) is 12.9. The number of furan rings is 1. The third-order valence-electron chi connectivity index (χ3n) is 9.43. The van der Waals surface area contributed by atoms with Crippen LogP contribution in [-0.4, -0.2) is 57.4 Å². The number of aromatic nitrogens is 2. The highest BCUT2D eigenvalue weighted by Crippen LogP contribution is 2.46. The van der Waals surface area contributed by atoms with Crippen LogP contribution in [0.2, 0.25) is 34.8 Å². The molecule has 41 heavy (non-hydrogen) atoms. The Kier molecular flexibility index (Phi) is 10.6. The van der Waals surface area contributed by atoms with E-state index in [1.54, 1.807) is 0 Å². The van der Waals surface area contributed by atoms with Gasteiger partial charge in [0, 0.05) is 24.8 Å². The second-order valence-electron chi connectivity index (χ2n) is 14.1. The van der Waals surface area contributed by atoms with Crippen molar-refractivity contribution in [3.05, 3.63) is 41.7 Å². The van der Waals surface area contributed by atoms with Crippen LogP contribution in [0.25, 0.3) is 0 Å². The van der Waals surface area contributed by atoms with Gasteiger partial charge < -0.3 is 18.6 Å². The fourth-order valence-electron chi connectivity index (χ4n) is 6.19. The maximum atomic E-state index is 13.3. The van der Waals surface area contributed by atoms with Gasteiger partial charge in [0.25, 0.3) is 0 Å². The first-order valence-corrected chi connectivity index (χ1v) is 20.0. The van der Waals surface area contributed by atoms with Gasteiger partial charge in [-0.1, -0.05) is 62.3 Å². The van der Waals surface area contributed by atoms with Crippen LogP contribution in [0.5, 0.6) is 0 Å². The first-order valence-electron chi connectivity index (χ1n) is 15.0. The molecule has 0 spiro atoms. The summed E-state index contributed by atoms with van der Waals surface area (Å²) in [6.07, 6.45) is 6.57. The molecule has 0 aromatic carbocycles. The normalized spacial score (nSPS) is 20.3. The Hall–Kier alpha value is -2.15. The Morgan fingerprint density at radius 2 is 1.76 bits per heavy atom. The lowest BCUT2D eigenvalue weighted by Gasteiger charge is -2.45. The van der Waals surface area contributed by atoms with Crippen molar-refractivity contribution in [2.75, 3.05) is 11.9 Å². The van der Waals surface area contributed by atoms with Gasteiger partial charge in [-0.2, -0.15) is 0 Å². The van der Waals surface area contributed by atoms with Crippen molar-refractivity contribution < 1.29 is 22.9 Å². The molecule has 1 aliphatic carbocycles. The minimum absolute atomic E-state index is 0.0507. The smallest absolute Gasteiger partial charge is 0.233 e. The van der Waals surface area contributed by atoms with Gasteiger partial charge in [0.05, 0.1) is 17.2 Å². The first-order chi connectivity index (χ1) is 19.0. The molecule has 228 valence electrons. The molecule has 1 N–H and O–H groups in total. The summed E-state index contributed by atoms with van der Waals surface area (Å²) in [5, 5.41) is 3.67. The number of aldehydes is 1. The molecule has 0 saturated heterocycles. The monoisotopic (exact) mass is 601 g/mol. The summed E-state index contributed by atoms with van der Waals surface area (Å²) in [5.41, 5.74) is 2.06. The number of rotatable bonds is 13. The summed E-state index contributed by atoms with van der Waals surface area (Å²) in [6.45, 7) is 26.0. The lowest BCUT2D eigenvalue weighted by atomic mass is 10.1. The molecule has 0 aliphatic heterocycles. The van der Waals surface area contributed by atoms with E-state index >= 15 is 0 Å². The SMILES string of the molecule is CC(C)[Si](O[C@H]1C[C@H](Nc2ncncc2C(=O)c2cc(C=O)co2)C[C@@H]1CO[Si](C)(C)C(C)(C)C)(C(C)C)C(C)C. The zero-order chi connectivity index (χ0) is 30.8. The zero-order valence-corrected chi connectivity index (χ0v) is 28.9. The first kappa shape index (κ1) is 33.4. The van der Waals surface area contributed by atoms with Crippen molar-refractivity contribution in [1.29, 1.82) is 0 Å². The molecular weight excluding hydrogens is 551 g/mol. The summed E-state index contributed by atoms with van der Waals surface area (Å²) in [6, 6.07) is 1.49. The lowest BCUT2D eigenvalue weighted by Crippen LogP contribution is -2.51. The standard InChI is InChI=1S/C31H51N3O5Si2/c1-20(2)41(21(3)4,22(5)6)39-27-14-25(13-24(27)18-38-40(10,11)31(7,8)9)34-30-26(15-32-19-33-30)29(36)28-12-23(16-35)17-37-28/h12,15-17,19-22,24-25,27H,13-14,18H2,1-11H3,(H,32,33,34)/t24-,25-,27+/m1/s1. The van der Waals surface area contributed by atoms with Crippen LogP contribution in [0.1, 0.15) is 102 Å². The van der Waals surface area contributed by atoms with Crippen LogP contribution in [0.3, 0.4) is 0 Å². The molecular formula is C31H51N3O5Si2. The third kappa shape index (κ3) is 7.26. The molecule has 0 radical (unpaired) electrons. The zero-order valence-electron chi connectivity index (χ0n) is 26.9. The Bertz CT molecular complexity index is 1170. The third-order valence-corrected chi connectivity index (χ3v) is 20.1. The van der Waals surface area contributed by atoms with Crippen LogP contribution in [0, 0.1) is 5.92 Å². The minimum atomic E-state index is -2.13. The number of nitrogens with one attached hydrogen (secondary N) is 1. The van der Waals surface area contributed by atoms with Crippen LogP contribution in [-0.2, 0) is 8.85 Å². The maximum absolute atomic E-state index is 13.3. The summed E-state index contributed by atoms with van der Waals surface area (Å²) < 4.78 is 19.5. The van der Waals surface area contributed by atoms with Crippen molar-refractivity contribution in [3.8, 4) is 0 Å². The Morgan fingerprint density at radius 3 is 2.29 bits per heavy atom. The molecule has 2 aromatic rings. The van der Waals surface area contributed by atoms with Crippen molar-refractivity contribution in [2.45, 2.75) is 122 Å². The van der Waals surface area contributed by atoms with E-state index < -0.39 is 16.6 Å². The van der Waals surface area contributed by atoms with E-state index in [-0.39, 0.29) is 34.6 Å². The molecule has 1 fully saturated rings. The largest absolute Gasteiger partial charge is 0.460 e. The topological polar surface area (TPSA) is 104 Å². The van der Waals surface area contributed by atoms with E-state index in [1.165, 1.54) is 24.9 Å². The molecule has 1 saturated carbocycles. The molecule has 2 aromatic heterocycles. The van der Waals surface area contributed by atoms with Crippen molar-refractivity contribution in [1.82, 2.24) is 9.97 Å². The van der Waals surface area contributed by atoms with E-state index in [1.807, 2.05) is 0 Å². The van der Waals surface area contributed by atoms with Gasteiger partial charge in [-0.25, -0.2) is 9.97 Å². The van der Waals surface area contributed by atoms with E-state index in [4.69, 9.17) is 13.3 Å². The summed E-state index contributed by atoms with van der Waals surface area (Å²) in [4.78, 5) is 32.9. The fraction of sp³-hybridized carbons (Fsp3) is 0.677. The molecule has 0 amide bonds. The van der Waals surface area contributed by atoms with Gasteiger partial charge in [-0.3, -0.25) is 9.59 Å².